The van der Waals surface area contributed by atoms with Crippen LogP contribution in [0.5, 0.6) is 11.5 Å². The molecule has 2 N–H and O–H groups in total. The molecule has 2 aromatic rings. The number of hydrogen-bond acceptors (Lipinski definition) is 4. The molecular weight excluding hydrogens is 256 g/mol. The molecule has 102 valence electrons. The van der Waals surface area contributed by atoms with Gasteiger partial charge in [0.2, 0.25) is 11.6 Å². The molecule has 0 aliphatic carbocycles. The van der Waals surface area contributed by atoms with E-state index >= 15 is 0 Å². The SMILES string of the molecule is COc1c(-c2cnn(C)c2N)cc(F)c(F)c1OC. The van der Waals surface area contributed by atoms with E-state index in [0.717, 1.165) is 6.07 Å². The van der Waals surface area contributed by atoms with Gasteiger partial charge in [-0.2, -0.15) is 9.49 Å². The summed E-state index contributed by atoms with van der Waals surface area (Å²) in [6, 6.07) is 1.00. The zero-order valence-electron chi connectivity index (χ0n) is 10.7. The molecule has 0 unspecified atom stereocenters. The predicted octanol–water partition coefficient (Wildman–Crippen LogP) is 1.96. The Bertz CT molecular complexity index is 626. The highest BCUT2D eigenvalue weighted by atomic mass is 19.2. The standard InChI is InChI=1S/C12H13F2N3O2/c1-17-12(15)7(5-16-17)6-4-8(13)9(14)11(19-3)10(6)18-2/h4-5H,15H2,1-3H3. The zero-order valence-corrected chi connectivity index (χ0v) is 10.7. The molecular formula is C12H13F2N3O2. The van der Waals surface area contributed by atoms with Gasteiger partial charge in [-0.25, -0.2) is 4.39 Å². The number of nitrogen functional groups attached to an aromatic ring is 1. The van der Waals surface area contributed by atoms with Crippen molar-refractivity contribution < 1.29 is 18.3 Å². The molecule has 2 rings (SSSR count). The summed E-state index contributed by atoms with van der Waals surface area (Å²) < 4.78 is 38.6. The second-order valence-corrected chi connectivity index (χ2v) is 3.85. The van der Waals surface area contributed by atoms with Crippen molar-refractivity contribution in [3.05, 3.63) is 23.9 Å². The van der Waals surface area contributed by atoms with Gasteiger partial charge in [-0.3, -0.25) is 4.68 Å². The topological polar surface area (TPSA) is 62.3 Å². The molecule has 0 amide bonds. The van der Waals surface area contributed by atoms with Gasteiger partial charge in [-0.1, -0.05) is 0 Å². The van der Waals surface area contributed by atoms with E-state index in [4.69, 9.17) is 15.2 Å². The van der Waals surface area contributed by atoms with E-state index < -0.39 is 11.6 Å². The van der Waals surface area contributed by atoms with E-state index in [1.165, 1.54) is 25.1 Å². The lowest BCUT2D eigenvalue weighted by molar-refractivity contribution is 0.329. The summed E-state index contributed by atoms with van der Waals surface area (Å²) in [6.45, 7) is 0. The summed E-state index contributed by atoms with van der Waals surface area (Å²) >= 11 is 0. The van der Waals surface area contributed by atoms with Gasteiger partial charge in [-0.15, -0.1) is 0 Å². The van der Waals surface area contributed by atoms with Gasteiger partial charge in [0.05, 0.1) is 20.4 Å². The summed E-state index contributed by atoms with van der Waals surface area (Å²) in [4.78, 5) is 0. The Balaban J connectivity index is 2.76. The van der Waals surface area contributed by atoms with Crippen molar-refractivity contribution in [3.63, 3.8) is 0 Å². The summed E-state index contributed by atoms with van der Waals surface area (Å²) in [5.74, 6) is -2.07. The summed E-state index contributed by atoms with van der Waals surface area (Å²) in [6.07, 6.45) is 1.45. The van der Waals surface area contributed by atoms with Crippen LogP contribution in [0.4, 0.5) is 14.6 Å². The Morgan fingerprint density at radius 3 is 2.26 bits per heavy atom. The molecule has 19 heavy (non-hydrogen) atoms. The molecule has 0 atom stereocenters. The van der Waals surface area contributed by atoms with Gasteiger partial charge in [0, 0.05) is 18.2 Å². The predicted molar refractivity (Wildman–Crippen MR) is 66.1 cm³/mol. The summed E-state index contributed by atoms with van der Waals surface area (Å²) in [7, 11) is 4.21. The molecule has 0 bridgehead atoms. The van der Waals surface area contributed by atoms with Gasteiger partial charge < -0.3 is 15.2 Å². The van der Waals surface area contributed by atoms with Crippen LogP contribution in [0.2, 0.25) is 0 Å². The molecule has 1 aromatic heterocycles. The molecule has 0 spiro atoms. The largest absolute Gasteiger partial charge is 0.492 e. The van der Waals surface area contributed by atoms with Crippen LogP contribution in [0, 0.1) is 11.6 Å². The highest BCUT2D eigenvalue weighted by molar-refractivity contribution is 5.80. The molecule has 0 radical (unpaired) electrons. The molecule has 5 nitrogen and oxygen atoms in total. The lowest BCUT2D eigenvalue weighted by Crippen LogP contribution is -2.01. The molecule has 7 heteroatoms. The minimum absolute atomic E-state index is 0.0705. The minimum Gasteiger partial charge on any atom is -0.492 e. The third-order valence-corrected chi connectivity index (χ3v) is 2.81. The zero-order chi connectivity index (χ0) is 14.2. The number of benzene rings is 1. The van der Waals surface area contributed by atoms with Crippen molar-refractivity contribution in [2.45, 2.75) is 0 Å². The van der Waals surface area contributed by atoms with Crippen LogP contribution < -0.4 is 15.2 Å². The fraction of sp³-hybridized carbons (Fsp3) is 0.250. The van der Waals surface area contributed by atoms with E-state index in [1.54, 1.807) is 7.05 Å². The first-order chi connectivity index (χ1) is 9.01. The lowest BCUT2D eigenvalue weighted by atomic mass is 10.1. The van der Waals surface area contributed by atoms with Crippen molar-refractivity contribution in [2.75, 3.05) is 20.0 Å². The van der Waals surface area contributed by atoms with Gasteiger partial charge in [0.1, 0.15) is 5.82 Å². The normalized spacial score (nSPS) is 10.6. The second kappa shape index (κ2) is 4.75. The van der Waals surface area contributed by atoms with Crippen LogP contribution in [0.25, 0.3) is 11.1 Å². The third-order valence-electron chi connectivity index (χ3n) is 2.81. The molecule has 1 aromatic carbocycles. The van der Waals surface area contributed by atoms with Gasteiger partial charge in [0.25, 0.3) is 0 Å². The Morgan fingerprint density at radius 2 is 1.79 bits per heavy atom. The number of aromatic nitrogens is 2. The number of nitrogens with two attached hydrogens (primary N) is 1. The average molecular weight is 269 g/mol. The summed E-state index contributed by atoms with van der Waals surface area (Å²) in [5, 5.41) is 3.95. The Labute approximate surface area is 108 Å². The van der Waals surface area contributed by atoms with Crippen LogP contribution in [-0.4, -0.2) is 24.0 Å². The smallest absolute Gasteiger partial charge is 0.204 e. The minimum atomic E-state index is -1.11. The Kier molecular flexibility index (Phi) is 3.28. The Morgan fingerprint density at radius 1 is 1.16 bits per heavy atom. The second-order valence-electron chi connectivity index (χ2n) is 3.85. The van der Waals surface area contributed by atoms with E-state index in [1.807, 2.05) is 0 Å². The molecule has 0 aliphatic rings. The first-order valence-corrected chi connectivity index (χ1v) is 5.39. The number of ether oxygens (including phenoxy) is 2. The van der Waals surface area contributed by atoms with Crippen LogP contribution in [-0.2, 0) is 7.05 Å². The maximum absolute atomic E-state index is 13.6. The van der Waals surface area contributed by atoms with Crippen molar-refractivity contribution in [3.8, 4) is 22.6 Å². The number of halogens is 2. The van der Waals surface area contributed by atoms with Crippen molar-refractivity contribution in [1.29, 1.82) is 0 Å². The van der Waals surface area contributed by atoms with E-state index in [0.29, 0.717) is 11.4 Å². The van der Waals surface area contributed by atoms with Crippen molar-refractivity contribution in [2.24, 2.45) is 7.05 Å². The first kappa shape index (κ1) is 13.1. The number of aryl methyl sites for hydroxylation is 1. The third kappa shape index (κ3) is 1.96. The highest BCUT2D eigenvalue weighted by Gasteiger charge is 2.23. The number of hydrogen-bond donors (Lipinski definition) is 1. The lowest BCUT2D eigenvalue weighted by Gasteiger charge is -2.13. The molecule has 1 heterocycles. The maximum Gasteiger partial charge on any atom is 0.204 e. The van der Waals surface area contributed by atoms with Gasteiger partial charge in [0.15, 0.2) is 11.6 Å². The number of methoxy groups -OCH3 is 2. The Hall–Kier alpha value is -2.31. The fourth-order valence-electron chi connectivity index (χ4n) is 1.83. The van der Waals surface area contributed by atoms with Crippen LogP contribution in [0.1, 0.15) is 0 Å². The van der Waals surface area contributed by atoms with Crippen molar-refractivity contribution in [1.82, 2.24) is 9.78 Å². The quantitative estimate of drug-likeness (QED) is 0.925. The van der Waals surface area contributed by atoms with Crippen LogP contribution >= 0.6 is 0 Å². The number of nitrogens with zero attached hydrogens (tertiary/aromatic N) is 2. The van der Waals surface area contributed by atoms with Gasteiger partial charge >= 0.3 is 0 Å². The van der Waals surface area contributed by atoms with E-state index in [-0.39, 0.29) is 17.1 Å². The van der Waals surface area contributed by atoms with Crippen molar-refractivity contribution >= 4 is 5.82 Å². The maximum atomic E-state index is 13.6. The fourth-order valence-corrected chi connectivity index (χ4v) is 1.83. The van der Waals surface area contributed by atoms with E-state index in [9.17, 15) is 8.78 Å². The summed E-state index contributed by atoms with van der Waals surface area (Å²) in [5.41, 5.74) is 6.55. The first-order valence-electron chi connectivity index (χ1n) is 5.39. The molecule has 0 saturated heterocycles. The monoisotopic (exact) mass is 269 g/mol. The highest BCUT2D eigenvalue weighted by Crippen LogP contribution is 2.42. The van der Waals surface area contributed by atoms with Crippen LogP contribution in [0.3, 0.4) is 0 Å². The molecule has 0 fully saturated rings. The molecule has 0 saturated carbocycles. The van der Waals surface area contributed by atoms with Gasteiger partial charge in [-0.05, 0) is 6.07 Å². The number of rotatable bonds is 3. The number of anilines is 1. The van der Waals surface area contributed by atoms with Crippen LogP contribution in [0.15, 0.2) is 12.3 Å². The molecule has 0 aliphatic heterocycles. The average Bonchev–Trinajstić information content (AvgIpc) is 2.72. The van der Waals surface area contributed by atoms with E-state index in [2.05, 4.69) is 5.10 Å².